The molecule has 1 aromatic heterocycles. The minimum atomic E-state index is -4.25. The van der Waals surface area contributed by atoms with Crippen molar-refractivity contribution in [2.24, 2.45) is 16.6 Å². The smallest absolute Gasteiger partial charge is 0.328 e. The van der Waals surface area contributed by atoms with Gasteiger partial charge in [0, 0.05) is 24.7 Å². The maximum absolute atomic E-state index is 13.8. The number of benzene rings is 1. The molecule has 4 N–H and O–H groups in total. The molecular formula is C25H35N7O7S. The molecule has 1 aromatic carbocycles. The first kappa shape index (κ1) is 30.7. The number of carbonyl (C=O) groups excluding carboxylic acids is 2. The number of para-hydroxylation sites is 1. The molecule has 1 saturated heterocycles. The second-order valence-corrected chi connectivity index (χ2v) is 11.4. The summed E-state index contributed by atoms with van der Waals surface area (Å²) >= 11 is 0. The molecule has 40 heavy (non-hydrogen) atoms. The molecule has 2 aromatic rings. The summed E-state index contributed by atoms with van der Waals surface area (Å²) < 4.78 is 35.0. The van der Waals surface area contributed by atoms with Crippen molar-refractivity contribution < 1.29 is 27.8 Å². The van der Waals surface area contributed by atoms with Crippen molar-refractivity contribution in [3.05, 3.63) is 46.1 Å². The van der Waals surface area contributed by atoms with Crippen LogP contribution in [0.15, 0.2) is 40.4 Å². The Morgan fingerprint density at radius 2 is 2.12 bits per heavy atom. The lowest BCUT2D eigenvalue weighted by Crippen LogP contribution is -2.56. The first-order valence-electron chi connectivity index (χ1n) is 13.0. The van der Waals surface area contributed by atoms with E-state index in [1.165, 1.54) is 11.0 Å². The highest BCUT2D eigenvalue weighted by Crippen LogP contribution is 2.26. The molecular weight excluding hydrogens is 542 g/mol. The Balaban J connectivity index is 1.91. The Bertz CT molecular complexity index is 1380. The fraction of sp³-hybridized carbons (Fsp3) is 0.520. The molecule has 0 aliphatic carbocycles. The highest BCUT2D eigenvalue weighted by atomic mass is 32.2. The van der Waals surface area contributed by atoms with Gasteiger partial charge in [-0.1, -0.05) is 24.5 Å². The minimum Gasteiger partial charge on any atom is -0.464 e. The highest BCUT2D eigenvalue weighted by molar-refractivity contribution is 7.89. The van der Waals surface area contributed by atoms with Gasteiger partial charge in [-0.15, -0.1) is 0 Å². The maximum atomic E-state index is 13.8. The molecule has 2 heterocycles. The fourth-order valence-corrected chi connectivity index (χ4v) is 6.04. The van der Waals surface area contributed by atoms with Crippen LogP contribution in [0.1, 0.15) is 45.1 Å². The van der Waals surface area contributed by atoms with Crippen LogP contribution in [0.2, 0.25) is 0 Å². The van der Waals surface area contributed by atoms with Gasteiger partial charge in [-0.05, 0) is 63.1 Å². The predicted octanol–water partition coefficient (Wildman–Crippen LogP) is 1.26. The van der Waals surface area contributed by atoms with Crippen LogP contribution in [0.25, 0.3) is 10.9 Å². The Morgan fingerprint density at radius 1 is 1.38 bits per heavy atom. The summed E-state index contributed by atoms with van der Waals surface area (Å²) in [7, 11) is -4.25. The Morgan fingerprint density at radius 3 is 2.83 bits per heavy atom. The fourth-order valence-electron chi connectivity index (χ4n) is 4.63. The molecule has 1 aliphatic rings. The van der Waals surface area contributed by atoms with Crippen LogP contribution in [-0.4, -0.2) is 73.0 Å². The molecule has 15 heteroatoms. The van der Waals surface area contributed by atoms with Gasteiger partial charge >= 0.3 is 5.97 Å². The van der Waals surface area contributed by atoms with Gasteiger partial charge in [-0.2, -0.15) is 4.72 Å². The lowest BCUT2D eigenvalue weighted by molar-refractivity contribution is -0.525. The number of likely N-dealkylation sites (tertiary alicyclic amines) is 1. The van der Waals surface area contributed by atoms with Gasteiger partial charge in [0.15, 0.2) is 5.03 Å². The number of aromatic nitrogens is 1. The van der Waals surface area contributed by atoms with Crippen LogP contribution < -0.4 is 15.9 Å². The van der Waals surface area contributed by atoms with Crippen molar-refractivity contribution in [2.45, 2.75) is 63.4 Å². The van der Waals surface area contributed by atoms with Crippen LogP contribution in [-0.2, 0) is 24.3 Å². The van der Waals surface area contributed by atoms with Gasteiger partial charge < -0.3 is 15.4 Å². The number of aryl methyl sites for hydroxylation is 1. The van der Waals surface area contributed by atoms with Gasteiger partial charge in [0.1, 0.15) is 17.0 Å². The van der Waals surface area contributed by atoms with E-state index in [9.17, 15) is 28.1 Å². The van der Waals surface area contributed by atoms with Crippen molar-refractivity contribution in [3.8, 4) is 0 Å². The van der Waals surface area contributed by atoms with Gasteiger partial charge in [0.2, 0.25) is 15.9 Å². The van der Waals surface area contributed by atoms with Crippen LogP contribution in [0.3, 0.4) is 0 Å². The summed E-state index contributed by atoms with van der Waals surface area (Å²) in [4.78, 5) is 46.5. The number of fused-ring (bicyclic) bond motifs is 1. The second-order valence-electron chi connectivity index (χ2n) is 9.72. The van der Waals surface area contributed by atoms with E-state index in [0.29, 0.717) is 18.2 Å². The second kappa shape index (κ2) is 13.5. The summed E-state index contributed by atoms with van der Waals surface area (Å²) in [5.74, 6) is -1.36. The van der Waals surface area contributed by atoms with Crippen molar-refractivity contribution in [3.63, 3.8) is 0 Å². The molecule has 0 saturated carbocycles. The number of nitrogens with zero attached hydrogens (tertiary/aromatic N) is 4. The van der Waals surface area contributed by atoms with E-state index >= 15 is 0 Å². The molecule has 1 fully saturated rings. The predicted molar refractivity (Wildman–Crippen MR) is 147 cm³/mol. The summed E-state index contributed by atoms with van der Waals surface area (Å²) in [6.45, 7) is 5.89. The van der Waals surface area contributed by atoms with E-state index in [4.69, 9.17) is 10.5 Å². The number of hydrogen-bond donors (Lipinski definition) is 3. The van der Waals surface area contributed by atoms with E-state index in [1.54, 1.807) is 30.7 Å². The number of esters is 1. The van der Waals surface area contributed by atoms with E-state index in [0.717, 1.165) is 5.56 Å². The van der Waals surface area contributed by atoms with Crippen LogP contribution in [0.4, 0.5) is 0 Å². The summed E-state index contributed by atoms with van der Waals surface area (Å²) in [6.07, 6.45) is 2.75. The third kappa shape index (κ3) is 7.85. The van der Waals surface area contributed by atoms with Crippen molar-refractivity contribution in [2.75, 3.05) is 19.7 Å². The lowest BCUT2D eigenvalue weighted by atomic mass is 9.91. The van der Waals surface area contributed by atoms with Gasteiger partial charge in [-0.3, -0.25) is 9.78 Å². The molecule has 0 spiro atoms. The minimum absolute atomic E-state index is 0.00773. The molecule has 3 unspecified atom stereocenters. The summed E-state index contributed by atoms with van der Waals surface area (Å²) in [6, 6.07) is 4.46. The number of guanidine groups is 1. The number of nitrogens with one attached hydrogen (secondary N) is 2. The van der Waals surface area contributed by atoms with Gasteiger partial charge in [0.25, 0.3) is 5.96 Å². The molecule has 0 bridgehead atoms. The quantitative estimate of drug-likeness (QED) is 0.0872. The van der Waals surface area contributed by atoms with Crippen LogP contribution in [0.5, 0.6) is 0 Å². The Hall–Kier alpha value is -3.85. The number of piperidine rings is 1. The number of carbonyl (C=O) groups is 2. The van der Waals surface area contributed by atoms with Crippen LogP contribution >= 0.6 is 0 Å². The average molecular weight is 578 g/mol. The number of nitro groups is 1. The third-order valence-electron chi connectivity index (χ3n) is 6.54. The number of hydrogen-bond acceptors (Lipinski definition) is 9. The zero-order valence-electron chi connectivity index (χ0n) is 22.7. The van der Waals surface area contributed by atoms with Gasteiger partial charge in [0.05, 0.1) is 12.1 Å². The SMILES string of the molecule is CCOC(=O)C1CC(C)CCN1C(=O)C(CCCN=C(N)N[N+](=O)[O-])NS(=O)(=O)c1cccc2cc(C)cnc12. The number of pyridine rings is 1. The maximum Gasteiger partial charge on any atom is 0.328 e. The topological polar surface area (TPSA) is 199 Å². The number of rotatable bonds is 11. The Labute approximate surface area is 232 Å². The summed E-state index contributed by atoms with van der Waals surface area (Å²) in [5, 5.41) is 10.3. The number of sulfonamides is 1. The molecule has 218 valence electrons. The molecule has 1 amide bonds. The zero-order valence-corrected chi connectivity index (χ0v) is 23.5. The molecule has 3 atom stereocenters. The molecule has 1 aliphatic heterocycles. The van der Waals surface area contributed by atoms with E-state index < -0.39 is 45.0 Å². The summed E-state index contributed by atoms with van der Waals surface area (Å²) in [5.41, 5.74) is 8.30. The van der Waals surface area contributed by atoms with Gasteiger partial charge in [-0.25, -0.2) is 28.3 Å². The standard InChI is InChI=1S/C25H35N7O7S/c1-4-39-24(34)20-14-16(2)10-12-31(20)23(33)19(8-6-11-27-25(26)29-32(35)36)30-40(37,38)21-9-5-7-18-13-17(3)15-28-22(18)21/h5,7,9,13,15-16,19-20,30H,4,6,8,10-12,14H2,1-3H3,(H3,26,27,29). The monoisotopic (exact) mass is 577 g/mol. The number of nitrogens with two attached hydrogens (primary N) is 1. The zero-order chi connectivity index (χ0) is 29.4. The first-order valence-corrected chi connectivity index (χ1v) is 14.5. The van der Waals surface area contributed by atoms with E-state index in [2.05, 4.69) is 14.7 Å². The molecule has 0 radical (unpaired) electrons. The van der Waals surface area contributed by atoms with E-state index in [-0.39, 0.29) is 48.9 Å². The Kier molecular flexibility index (Phi) is 10.3. The molecule has 14 nitrogen and oxygen atoms in total. The van der Waals surface area contributed by atoms with Crippen molar-refractivity contribution in [1.29, 1.82) is 0 Å². The largest absolute Gasteiger partial charge is 0.464 e. The number of ether oxygens (including phenoxy) is 1. The average Bonchev–Trinajstić information content (AvgIpc) is 2.89. The van der Waals surface area contributed by atoms with Crippen LogP contribution in [0, 0.1) is 23.0 Å². The number of amides is 1. The van der Waals surface area contributed by atoms with Crippen molar-refractivity contribution >= 4 is 38.8 Å². The lowest BCUT2D eigenvalue weighted by Gasteiger charge is -2.38. The highest BCUT2D eigenvalue weighted by Gasteiger charge is 2.39. The number of hydrazine groups is 1. The number of aliphatic imine (C=N–C) groups is 1. The third-order valence-corrected chi connectivity index (χ3v) is 8.04. The van der Waals surface area contributed by atoms with Crippen molar-refractivity contribution in [1.82, 2.24) is 20.0 Å². The normalized spacial score (nSPS) is 18.8. The molecule has 3 rings (SSSR count). The first-order chi connectivity index (χ1) is 18.9. The van der Waals surface area contributed by atoms with E-state index in [1.807, 2.05) is 19.9 Å².